The summed E-state index contributed by atoms with van der Waals surface area (Å²) in [6.07, 6.45) is 4.25. The molecule has 0 rings (SSSR count). The average molecular weight is 110 g/mol. The number of unbranched alkanes of at least 4 members (excludes halogenated alkanes) is 1. The van der Waals surface area contributed by atoms with Crippen molar-refractivity contribution in [2.75, 3.05) is 0 Å². The Hall–Kier alpha value is -0.510. The van der Waals surface area contributed by atoms with Gasteiger partial charge < -0.3 is 0 Å². The first-order valence-electron chi connectivity index (χ1n) is 3.04. The van der Waals surface area contributed by atoms with Crippen LogP contribution in [0.2, 0.25) is 0 Å². The standard InChI is InChI=1S/C7H12N/c1-3-4-5-7(2)6-8/h5,7H,3-4H2,1-2H3. The van der Waals surface area contributed by atoms with Gasteiger partial charge in [-0.3, -0.25) is 0 Å². The molecule has 1 atom stereocenters. The van der Waals surface area contributed by atoms with E-state index in [1.165, 1.54) is 0 Å². The van der Waals surface area contributed by atoms with Crippen LogP contribution in [0.5, 0.6) is 0 Å². The van der Waals surface area contributed by atoms with Crippen LogP contribution in [0.3, 0.4) is 0 Å². The molecule has 0 aliphatic heterocycles. The molecule has 0 amide bonds. The zero-order valence-corrected chi connectivity index (χ0v) is 5.52. The van der Waals surface area contributed by atoms with E-state index >= 15 is 0 Å². The Morgan fingerprint density at radius 1 is 1.75 bits per heavy atom. The van der Waals surface area contributed by atoms with Gasteiger partial charge in [-0.1, -0.05) is 13.3 Å². The summed E-state index contributed by atoms with van der Waals surface area (Å²) in [6, 6.07) is 2.14. The monoisotopic (exact) mass is 110 g/mol. The molecule has 0 heterocycles. The third-order valence-electron chi connectivity index (χ3n) is 1.01. The first kappa shape index (κ1) is 7.49. The van der Waals surface area contributed by atoms with Gasteiger partial charge in [-0.2, -0.15) is 5.26 Å². The summed E-state index contributed by atoms with van der Waals surface area (Å²) in [5.41, 5.74) is 0. The van der Waals surface area contributed by atoms with Crippen LogP contribution in [0.4, 0.5) is 0 Å². The van der Waals surface area contributed by atoms with Gasteiger partial charge in [0, 0.05) is 5.92 Å². The Morgan fingerprint density at radius 2 is 2.38 bits per heavy atom. The van der Waals surface area contributed by atoms with E-state index in [2.05, 4.69) is 13.0 Å². The molecule has 0 saturated carbocycles. The molecule has 8 heavy (non-hydrogen) atoms. The zero-order chi connectivity index (χ0) is 6.41. The van der Waals surface area contributed by atoms with Crippen LogP contribution < -0.4 is 0 Å². The minimum absolute atomic E-state index is 0.134. The Bertz CT molecular complexity index is 80.9. The largest absolute Gasteiger partial charge is 0.198 e. The molecule has 0 N–H and O–H groups in total. The minimum Gasteiger partial charge on any atom is -0.198 e. The van der Waals surface area contributed by atoms with E-state index in [4.69, 9.17) is 5.26 Å². The number of hydrogen-bond donors (Lipinski definition) is 0. The lowest BCUT2D eigenvalue weighted by Crippen LogP contribution is -1.88. The summed E-state index contributed by atoms with van der Waals surface area (Å²) in [5, 5.41) is 8.28. The Balaban J connectivity index is 3.02. The average Bonchev–Trinajstić information content (AvgIpc) is 1.83. The summed E-state index contributed by atoms with van der Waals surface area (Å²) < 4.78 is 0. The van der Waals surface area contributed by atoms with Crippen molar-refractivity contribution in [3.8, 4) is 6.07 Å². The van der Waals surface area contributed by atoms with Crippen molar-refractivity contribution in [3.63, 3.8) is 0 Å². The van der Waals surface area contributed by atoms with E-state index in [0.717, 1.165) is 12.8 Å². The Labute approximate surface area is 51.3 Å². The highest BCUT2D eigenvalue weighted by Crippen LogP contribution is 2.02. The maximum Gasteiger partial charge on any atom is 0.0655 e. The molecule has 0 saturated heterocycles. The van der Waals surface area contributed by atoms with E-state index in [-0.39, 0.29) is 5.92 Å². The lowest BCUT2D eigenvalue weighted by atomic mass is 10.1. The van der Waals surface area contributed by atoms with Gasteiger partial charge in [0.2, 0.25) is 0 Å². The van der Waals surface area contributed by atoms with Gasteiger partial charge in [-0.05, 0) is 19.8 Å². The van der Waals surface area contributed by atoms with Crippen LogP contribution in [0.1, 0.15) is 26.7 Å². The summed E-state index contributed by atoms with van der Waals surface area (Å²) in [7, 11) is 0. The molecule has 0 spiro atoms. The molecule has 0 bridgehead atoms. The fourth-order valence-corrected chi connectivity index (χ4v) is 0.469. The van der Waals surface area contributed by atoms with Gasteiger partial charge in [0.25, 0.3) is 0 Å². The maximum atomic E-state index is 8.28. The van der Waals surface area contributed by atoms with Gasteiger partial charge >= 0.3 is 0 Å². The third-order valence-corrected chi connectivity index (χ3v) is 1.01. The van der Waals surface area contributed by atoms with Crippen molar-refractivity contribution < 1.29 is 0 Å². The van der Waals surface area contributed by atoms with Crippen molar-refractivity contribution in [1.82, 2.24) is 0 Å². The SMILES string of the molecule is CCC[CH]C(C)C#N. The van der Waals surface area contributed by atoms with Crippen LogP contribution >= 0.6 is 0 Å². The maximum absolute atomic E-state index is 8.28. The van der Waals surface area contributed by atoms with E-state index in [1.807, 2.05) is 13.3 Å². The summed E-state index contributed by atoms with van der Waals surface area (Å²) in [5.74, 6) is 0.134. The number of rotatable bonds is 3. The summed E-state index contributed by atoms with van der Waals surface area (Å²) >= 11 is 0. The Morgan fingerprint density at radius 3 is 2.75 bits per heavy atom. The fourth-order valence-electron chi connectivity index (χ4n) is 0.469. The highest BCUT2D eigenvalue weighted by molar-refractivity contribution is 4.89. The number of nitriles is 1. The zero-order valence-electron chi connectivity index (χ0n) is 5.52. The summed E-state index contributed by atoms with van der Waals surface area (Å²) in [6.45, 7) is 4.02. The van der Waals surface area contributed by atoms with Crippen LogP contribution in [0.25, 0.3) is 0 Å². The second-order valence-corrected chi connectivity index (χ2v) is 1.94. The molecule has 0 aromatic heterocycles. The molecular formula is C7H12N. The van der Waals surface area contributed by atoms with Crippen molar-refractivity contribution in [3.05, 3.63) is 6.42 Å². The minimum atomic E-state index is 0.134. The van der Waals surface area contributed by atoms with Gasteiger partial charge in [0.05, 0.1) is 6.07 Å². The molecule has 45 valence electrons. The fraction of sp³-hybridized carbons (Fsp3) is 0.714. The highest BCUT2D eigenvalue weighted by atomic mass is 14.2. The third kappa shape index (κ3) is 3.67. The molecular weight excluding hydrogens is 98.1 g/mol. The predicted molar refractivity (Wildman–Crippen MR) is 34.0 cm³/mol. The van der Waals surface area contributed by atoms with Crippen LogP contribution in [0, 0.1) is 23.7 Å². The molecule has 1 radical (unpaired) electrons. The predicted octanol–water partition coefficient (Wildman–Crippen LogP) is 2.15. The van der Waals surface area contributed by atoms with Crippen molar-refractivity contribution >= 4 is 0 Å². The van der Waals surface area contributed by atoms with Gasteiger partial charge in [-0.15, -0.1) is 0 Å². The van der Waals surface area contributed by atoms with Crippen molar-refractivity contribution in [2.45, 2.75) is 26.7 Å². The van der Waals surface area contributed by atoms with Crippen molar-refractivity contribution in [2.24, 2.45) is 5.92 Å². The first-order chi connectivity index (χ1) is 3.81. The molecule has 0 aliphatic carbocycles. The van der Waals surface area contributed by atoms with Crippen LogP contribution in [0.15, 0.2) is 0 Å². The lowest BCUT2D eigenvalue weighted by Gasteiger charge is -1.95. The molecule has 0 aromatic rings. The molecule has 1 unspecified atom stereocenters. The molecule has 1 heteroatoms. The van der Waals surface area contributed by atoms with Gasteiger partial charge in [0.1, 0.15) is 0 Å². The molecule has 1 nitrogen and oxygen atoms in total. The van der Waals surface area contributed by atoms with Crippen LogP contribution in [-0.2, 0) is 0 Å². The smallest absolute Gasteiger partial charge is 0.0655 e. The first-order valence-corrected chi connectivity index (χ1v) is 3.04. The second kappa shape index (κ2) is 4.64. The van der Waals surface area contributed by atoms with Crippen LogP contribution in [-0.4, -0.2) is 0 Å². The van der Waals surface area contributed by atoms with Gasteiger partial charge in [-0.25, -0.2) is 0 Å². The molecule has 0 aliphatic rings. The van der Waals surface area contributed by atoms with E-state index in [0.29, 0.717) is 0 Å². The van der Waals surface area contributed by atoms with E-state index < -0.39 is 0 Å². The highest BCUT2D eigenvalue weighted by Gasteiger charge is 1.95. The lowest BCUT2D eigenvalue weighted by molar-refractivity contribution is 0.762. The molecule has 0 aromatic carbocycles. The normalized spacial score (nSPS) is 12.6. The van der Waals surface area contributed by atoms with E-state index in [1.54, 1.807) is 0 Å². The van der Waals surface area contributed by atoms with Gasteiger partial charge in [0.15, 0.2) is 0 Å². The van der Waals surface area contributed by atoms with Crippen molar-refractivity contribution in [1.29, 1.82) is 5.26 Å². The topological polar surface area (TPSA) is 23.8 Å². The molecule has 0 fully saturated rings. The Kier molecular flexibility index (Phi) is 4.35. The second-order valence-electron chi connectivity index (χ2n) is 1.94. The quantitative estimate of drug-likeness (QED) is 0.546. The number of nitrogens with zero attached hydrogens (tertiary/aromatic N) is 1. The number of hydrogen-bond acceptors (Lipinski definition) is 1. The summed E-state index contributed by atoms with van der Waals surface area (Å²) in [4.78, 5) is 0. The van der Waals surface area contributed by atoms with E-state index in [9.17, 15) is 0 Å².